The molecular weight excluding hydrogens is 727 g/mol. The van der Waals surface area contributed by atoms with Crippen molar-refractivity contribution in [1.29, 1.82) is 0 Å². The first-order valence-electron chi connectivity index (χ1n) is 26.7. The van der Waals surface area contributed by atoms with Crippen molar-refractivity contribution in [3.8, 4) is 0 Å². The lowest BCUT2D eigenvalue weighted by molar-refractivity contribution is -0.136. The van der Waals surface area contributed by atoms with Gasteiger partial charge in [-0.25, -0.2) is 0 Å². The third-order valence-corrected chi connectivity index (χ3v) is 19.6. The summed E-state index contributed by atoms with van der Waals surface area (Å²) in [6.07, 6.45) is 37.3. The summed E-state index contributed by atoms with van der Waals surface area (Å²) in [7, 11) is 0. The minimum absolute atomic E-state index is 0.117. The molecule has 0 aromatic carbocycles. The Morgan fingerprint density at radius 3 is 1.90 bits per heavy atom. The van der Waals surface area contributed by atoms with E-state index in [-0.39, 0.29) is 30.0 Å². The zero-order valence-corrected chi connectivity index (χ0v) is 38.2. The van der Waals surface area contributed by atoms with Crippen LogP contribution in [-0.2, 0) is 4.79 Å². The van der Waals surface area contributed by atoms with Crippen molar-refractivity contribution in [2.75, 3.05) is 0 Å². The SMILES string of the molecule is CC1CCC(N=NC2C(O)C(C(=O)NC3CCCC(CCC4CCC(N(C5CCC(C)CC5)C5CCC(C)CC5)CC4)C3)CC3CCC4C5CCCCC5NC4C32)CC1. The van der Waals surface area contributed by atoms with Crippen LogP contribution >= 0.6 is 0 Å². The highest BCUT2D eigenvalue weighted by Gasteiger charge is 2.58. The summed E-state index contributed by atoms with van der Waals surface area (Å²) in [6.45, 7) is 7.33. The molecule has 0 spiro atoms. The van der Waals surface area contributed by atoms with Crippen molar-refractivity contribution in [2.24, 2.45) is 69.4 Å². The molecule has 7 heteroatoms. The van der Waals surface area contributed by atoms with Gasteiger partial charge in [-0.2, -0.15) is 10.2 Å². The van der Waals surface area contributed by atoms with Crippen LogP contribution in [-0.4, -0.2) is 70.4 Å². The zero-order valence-electron chi connectivity index (χ0n) is 38.2. The fraction of sp³-hybridized carbons (Fsp3) is 0.981. The Hall–Kier alpha value is -1.05. The molecule has 0 aromatic rings. The minimum Gasteiger partial charge on any atom is -0.390 e. The van der Waals surface area contributed by atoms with Crippen LogP contribution in [0.1, 0.15) is 207 Å². The van der Waals surface area contributed by atoms with E-state index >= 15 is 0 Å². The predicted octanol–water partition coefficient (Wildman–Crippen LogP) is 11.4. The Morgan fingerprint density at radius 2 is 1.22 bits per heavy atom. The molecule has 0 bridgehead atoms. The summed E-state index contributed by atoms with van der Waals surface area (Å²) < 4.78 is 0. The highest BCUT2D eigenvalue weighted by atomic mass is 16.3. The second-order valence-electron chi connectivity index (χ2n) is 23.6. The van der Waals surface area contributed by atoms with E-state index in [0.29, 0.717) is 29.8 Å². The predicted molar refractivity (Wildman–Crippen MR) is 240 cm³/mol. The van der Waals surface area contributed by atoms with Crippen molar-refractivity contribution < 1.29 is 9.90 Å². The van der Waals surface area contributed by atoms with Gasteiger partial charge >= 0.3 is 0 Å². The number of nitrogens with one attached hydrogen (secondary N) is 2. The Morgan fingerprint density at radius 1 is 0.610 bits per heavy atom. The molecule has 1 heterocycles. The lowest BCUT2D eigenvalue weighted by atomic mass is 9.58. The number of carbonyl (C=O) groups excluding carboxylic acids is 1. The number of aliphatic hydroxyl groups is 1. The Bertz CT molecular complexity index is 1340. The molecule has 9 rings (SSSR count). The lowest BCUT2D eigenvalue weighted by Gasteiger charge is -2.50. The van der Waals surface area contributed by atoms with Crippen LogP contribution in [0.3, 0.4) is 0 Å². The number of hydrogen-bond acceptors (Lipinski definition) is 6. The fourth-order valence-corrected chi connectivity index (χ4v) is 16.0. The highest BCUT2D eigenvalue weighted by molar-refractivity contribution is 5.80. The first kappa shape index (κ1) is 43.2. The normalized spacial score (nSPS) is 48.3. The van der Waals surface area contributed by atoms with Crippen LogP contribution in [0.4, 0.5) is 0 Å². The molecule has 1 saturated heterocycles. The molecule has 8 aliphatic carbocycles. The van der Waals surface area contributed by atoms with E-state index in [1.165, 1.54) is 154 Å². The molecule has 7 nitrogen and oxygen atoms in total. The summed E-state index contributed by atoms with van der Waals surface area (Å²) in [4.78, 5) is 17.5. The van der Waals surface area contributed by atoms with Gasteiger partial charge in [0.2, 0.25) is 5.91 Å². The van der Waals surface area contributed by atoms with Gasteiger partial charge in [0.25, 0.3) is 0 Å². The number of hydrogen-bond donors (Lipinski definition) is 3. The molecule has 1 aliphatic heterocycles. The molecule has 59 heavy (non-hydrogen) atoms. The topological polar surface area (TPSA) is 89.3 Å². The third kappa shape index (κ3) is 10.0. The number of nitrogens with zero attached hydrogens (tertiary/aromatic N) is 3. The van der Waals surface area contributed by atoms with E-state index in [1.807, 2.05) is 0 Å². The van der Waals surface area contributed by atoms with Gasteiger partial charge in [-0.15, -0.1) is 0 Å². The molecule has 0 aromatic heterocycles. The van der Waals surface area contributed by atoms with Crippen molar-refractivity contribution in [2.45, 2.75) is 261 Å². The van der Waals surface area contributed by atoms with Gasteiger partial charge in [-0.1, -0.05) is 59.3 Å². The average Bonchev–Trinajstić information content (AvgIpc) is 3.64. The quantitative estimate of drug-likeness (QED) is 0.192. The second kappa shape index (κ2) is 19.8. The maximum atomic E-state index is 14.4. The molecule has 11 unspecified atom stereocenters. The molecule has 3 N–H and O–H groups in total. The average molecular weight is 816 g/mol. The van der Waals surface area contributed by atoms with E-state index < -0.39 is 6.10 Å². The molecule has 9 fully saturated rings. The van der Waals surface area contributed by atoms with E-state index in [1.54, 1.807) is 0 Å². The molecular formula is C52H89N5O2. The standard InChI is InChI=1S/C52H89N5O2/c1-33-11-22-39(23-12-33)55-56-50-48-38(21-30-45-44-9-4-5-10-47(44)54-49(45)48)32-46(51(50)58)52(59)53-40-8-6-7-37(31-40)18-17-36-19-28-43(29-20-36)57(41-24-13-34(2)14-25-41)42-26-15-35(3)16-27-42/h33-51,54,58H,4-32H2,1-3H3,(H,53,59). The van der Waals surface area contributed by atoms with Crippen LogP contribution in [0.15, 0.2) is 10.2 Å². The van der Waals surface area contributed by atoms with Crippen molar-refractivity contribution in [3.05, 3.63) is 0 Å². The van der Waals surface area contributed by atoms with Gasteiger partial charge in [-0.05, 0) is 195 Å². The highest BCUT2D eigenvalue weighted by Crippen LogP contribution is 2.53. The maximum absolute atomic E-state index is 14.4. The molecule has 1 amide bonds. The molecule has 11 atom stereocenters. The largest absolute Gasteiger partial charge is 0.390 e. The van der Waals surface area contributed by atoms with Crippen LogP contribution in [0.5, 0.6) is 0 Å². The maximum Gasteiger partial charge on any atom is 0.226 e. The van der Waals surface area contributed by atoms with Gasteiger partial charge in [-0.3, -0.25) is 9.69 Å². The molecule has 334 valence electrons. The summed E-state index contributed by atoms with van der Waals surface area (Å²) in [5, 5.41) is 30.2. The summed E-state index contributed by atoms with van der Waals surface area (Å²) in [5.74, 6) is 6.24. The summed E-state index contributed by atoms with van der Waals surface area (Å²) in [5.41, 5.74) is 0. The monoisotopic (exact) mass is 816 g/mol. The summed E-state index contributed by atoms with van der Waals surface area (Å²) >= 11 is 0. The number of azo groups is 1. The number of fused-ring (bicyclic) bond motifs is 5. The van der Waals surface area contributed by atoms with E-state index in [4.69, 9.17) is 10.2 Å². The van der Waals surface area contributed by atoms with Gasteiger partial charge in [0.1, 0.15) is 6.04 Å². The number of rotatable bonds is 10. The lowest BCUT2D eigenvalue weighted by Crippen LogP contribution is -2.59. The zero-order chi connectivity index (χ0) is 40.5. The molecule has 8 saturated carbocycles. The molecule has 9 aliphatic rings. The van der Waals surface area contributed by atoms with Crippen LogP contribution in [0.25, 0.3) is 0 Å². The van der Waals surface area contributed by atoms with Gasteiger partial charge in [0.05, 0.1) is 18.1 Å². The first-order valence-corrected chi connectivity index (χ1v) is 26.7. The van der Waals surface area contributed by atoms with Crippen LogP contribution in [0, 0.1) is 59.2 Å². The van der Waals surface area contributed by atoms with Crippen molar-refractivity contribution >= 4 is 5.91 Å². The van der Waals surface area contributed by atoms with Gasteiger partial charge in [0, 0.05) is 42.2 Å². The van der Waals surface area contributed by atoms with Crippen LogP contribution in [0.2, 0.25) is 0 Å². The minimum atomic E-state index is -0.737. The van der Waals surface area contributed by atoms with Crippen molar-refractivity contribution in [1.82, 2.24) is 15.5 Å². The number of carbonyl (C=O) groups is 1. The third-order valence-electron chi connectivity index (χ3n) is 19.6. The number of aliphatic hydroxyl groups excluding tert-OH is 1. The van der Waals surface area contributed by atoms with Crippen LogP contribution < -0.4 is 10.6 Å². The van der Waals surface area contributed by atoms with E-state index in [9.17, 15) is 9.90 Å². The smallest absolute Gasteiger partial charge is 0.226 e. The Labute approximate surface area is 361 Å². The second-order valence-corrected chi connectivity index (χ2v) is 23.6. The Kier molecular flexibility index (Phi) is 14.5. The van der Waals surface area contributed by atoms with E-state index in [2.05, 4.69) is 36.3 Å². The van der Waals surface area contributed by atoms with Crippen molar-refractivity contribution in [3.63, 3.8) is 0 Å². The first-order chi connectivity index (χ1) is 28.8. The summed E-state index contributed by atoms with van der Waals surface area (Å²) in [6, 6.07) is 3.86. The molecule has 0 radical (unpaired) electrons. The van der Waals surface area contributed by atoms with Gasteiger partial charge < -0.3 is 15.7 Å². The van der Waals surface area contributed by atoms with E-state index in [0.717, 1.165) is 85.7 Å². The van der Waals surface area contributed by atoms with Gasteiger partial charge in [0.15, 0.2) is 0 Å². The number of amides is 1. The Balaban J connectivity index is 0.784. The fourth-order valence-electron chi connectivity index (χ4n) is 16.0.